The highest BCUT2D eigenvalue weighted by molar-refractivity contribution is 5.96. The minimum absolute atomic E-state index is 0.0804. The summed E-state index contributed by atoms with van der Waals surface area (Å²) in [5.74, 6) is -0.176. The van der Waals surface area contributed by atoms with E-state index >= 15 is 0 Å². The summed E-state index contributed by atoms with van der Waals surface area (Å²) >= 11 is 0. The minimum Gasteiger partial charge on any atom is -0.464 e. The number of anilines is 1. The first-order valence-electron chi connectivity index (χ1n) is 7.31. The molecule has 9 nitrogen and oxygen atoms in total. The van der Waals surface area contributed by atoms with Crippen molar-refractivity contribution in [3.63, 3.8) is 0 Å². The quantitative estimate of drug-likeness (QED) is 0.712. The van der Waals surface area contributed by atoms with E-state index in [1.165, 1.54) is 18.1 Å². The third kappa shape index (κ3) is 2.70. The molecule has 0 saturated heterocycles. The Balaban J connectivity index is 2.23. The van der Waals surface area contributed by atoms with Crippen LogP contribution in [0.3, 0.4) is 0 Å². The summed E-state index contributed by atoms with van der Waals surface area (Å²) in [6.45, 7) is 1.88. The molecule has 2 N–H and O–H groups in total. The van der Waals surface area contributed by atoms with Crippen LogP contribution in [0.2, 0.25) is 0 Å². The zero-order chi connectivity index (χ0) is 18.1. The van der Waals surface area contributed by atoms with Gasteiger partial charge >= 0.3 is 5.97 Å². The molecule has 0 radical (unpaired) electrons. The van der Waals surface area contributed by atoms with Crippen LogP contribution in [0.1, 0.15) is 21.6 Å². The van der Waals surface area contributed by atoms with Gasteiger partial charge in [-0.25, -0.2) is 4.79 Å². The molecule has 3 rings (SSSR count). The van der Waals surface area contributed by atoms with Gasteiger partial charge in [-0.2, -0.15) is 10.1 Å². The standard InChI is InChI=1S/C16H15N7O2/c1-9-4-5-10(15-19-21-22(2)20-15)6-12(9)23-8-11(7-17)13(18)14(23)16(24)25-3/h4-6,8H,18H2,1-3H3. The molecule has 0 aliphatic heterocycles. The molecule has 9 heteroatoms. The van der Waals surface area contributed by atoms with Gasteiger partial charge in [-0.3, -0.25) is 0 Å². The number of aromatic nitrogens is 5. The lowest BCUT2D eigenvalue weighted by Gasteiger charge is -2.12. The summed E-state index contributed by atoms with van der Waals surface area (Å²) in [5, 5.41) is 21.2. The Hall–Kier alpha value is -3.67. The van der Waals surface area contributed by atoms with Crippen molar-refractivity contribution in [3.8, 4) is 23.1 Å². The predicted molar refractivity (Wildman–Crippen MR) is 88.8 cm³/mol. The lowest BCUT2D eigenvalue weighted by atomic mass is 10.1. The molecular weight excluding hydrogens is 322 g/mol. The zero-order valence-electron chi connectivity index (χ0n) is 13.9. The van der Waals surface area contributed by atoms with Gasteiger partial charge in [0, 0.05) is 17.4 Å². The number of carbonyl (C=O) groups excluding carboxylic acids is 1. The summed E-state index contributed by atoms with van der Waals surface area (Å²) in [5.41, 5.74) is 8.59. The maximum atomic E-state index is 12.2. The monoisotopic (exact) mass is 337 g/mol. The van der Waals surface area contributed by atoms with Gasteiger partial charge in [-0.05, 0) is 23.8 Å². The van der Waals surface area contributed by atoms with E-state index in [0.717, 1.165) is 11.1 Å². The highest BCUT2D eigenvalue weighted by Gasteiger charge is 2.23. The Bertz CT molecular complexity index is 1010. The number of carbonyl (C=O) groups is 1. The fourth-order valence-corrected chi connectivity index (χ4v) is 2.51. The number of nitrogens with zero attached hydrogens (tertiary/aromatic N) is 6. The average Bonchev–Trinajstić information content (AvgIpc) is 3.18. The summed E-state index contributed by atoms with van der Waals surface area (Å²) in [7, 11) is 2.94. The Kier molecular flexibility index (Phi) is 3.94. The molecule has 0 fully saturated rings. The molecule has 0 saturated carbocycles. The minimum atomic E-state index is -0.624. The number of esters is 1. The first-order chi connectivity index (χ1) is 12.0. The van der Waals surface area contributed by atoms with E-state index in [-0.39, 0.29) is 16.9 Å². The molecule has 25 heavy (non-hydrogen) atoms. The van der Waals surface area contributed by atoms with Gasteiger partial charge in [-0.15, -0.1) is 10.2 Å². The van der Waals surface area contributed by atoms with Crippen LogP contribution in [0.4, 0.5) is 5.69 Å². The smallest absolute Gasteiger partial charge is 0.357 e. The van der Waals surface area contributed by atoms with E-state index in [1.54, 1.807) is 17.7 Å². The number of nitriles is 1. The number of nitrogen functional groups attached to an aromatic ring is 1. The number of rotatable bonds is 3. The zero-order valence-corrected chi connectivity index (χ0v) is 13.9. The molecule has 0 unspecified atom stereocenters. The van der Waals surface area contributed by atoms with Crippen LogP contribution in [-0.2, 0) is 11.8 Å². The summed E-state index contributed by atoms with van der Waals surface area (Å²) in [6.07, 6.45) is 1.51. The van der Waals surface area contributed by atoms with E-state index in [1.807, 2.05) is 25.1 Å². The highest BCUT2D eigenvalue weighted by atomic mass is 16.5. The second-order valence-corrected chi connectivity index (χ2v) is 5.38. The molecule has 2 heterocycles. The van der Waals surface area contributed by atoms with Crippen LogP contribution in [-0.4, -0.2) is 37.9 Å². The second kappa shape index (κ2) is 6.09. The Morgan fingerprint density at radius 1 is 1.40 bits per heavy atom. The fourth-order valence-electron chi connectivity index (χ4n) is 2.51. The second-order valence-electron chi connectivity index (χ2n) is 5.38. The Morgan fingerprint density at radius 3 is 2.76 bits per heavy atom. The van der Waals surface area contributed by atoms with Crippen molar-refractivity contribution in [2.24, 2.45) is 7.05 Å². The molecular formula is C16H15N7O2. The van der Waals surface area contributed by atoms with E-state index < -0.39 is 5.97 Å². The SMILES string of the molecule is COC(=O)c1c(N)c(C#N)cn1-c1cc(-c2nnn(C)n2)ccc1C. The van der Waals surface area contributed by atoms with Crippen LogP contribution in [0.25, 0.3) is 17.1 Å². The summed E-state index contributed by atoms with van der Waals surface area (Å²) < 4.78 is 6.36. The normalized spacial score (nSPS) is 10.5. The van der Waals surface area contributed by atoms with Crippen LogP contribution in [0, 0.1) is 18.3 Å². The van der Waals surface area contributed by atoms with Crippen molar-refractivity contribution in [3.05, 3.63) is 41.2 Å². The first-order valence-corrected chi connectivity index (χ1v) is 7.31. The average molecular weight is 337 g/mol. The number of hydrogen-bond acceptors (Lipinski definition) is 7. The van der Waals surface area contributed by atoms with Crippen LogP contribution >= 0.6 is 0 Å². The highest BCUT2D eigenvalue weighted by Crippen LogP contribution is 2.28. The summed E-state index contributed by atoms with van der Waals surface area (Å²) in [6, 6.07) is 7.51. The van der Waals surface area contributed by atoms with Gasteiger partial charge in [0.05, 0.1) is 25.4 Å². The third-order valence-corrected chi connectivity index (χ3v) is 3.78. The largest absolute Gasteiger partial charge is 0.464 e. The van der Waals surface area contributed by atoms with Crippen molar-refractivity contribution in [1.29, 1.82) is 5.26 Å². The van der Waals surface area contributed by atoms with Gasteiger partial charge in [-0.1, -0.05) is 12.1 Å². The van der Waals surface area contributed by atoms with Crippen molar-refractivity contribution < 1.29 is 9.53 Å². The van der Waals surface area contributed by atoms with Gasteiger partial charge in [0.25, 0.3) is 0 Å². The molecule has 0 atom stereocenters. The van der Waals surface area contributed by atoms with E-state index in [9.17, 15) is 10.1 Å². The van der Waals surface area contributed by atoms with Gasteiger partial charge < -0.3 is 15.0 Å². The fraction of sp³-hybridized carbons (Fsp3) is 0.188. The molecule has 0 aliphatic rings. The number of ether oxygens (including phenoxy) is 1. The van der Waals surface area contributed by atoms with Crippen molar-refractivity contribution >= 4 is 11.7 Å². The van der Waals surface area contributed by atoms with Gasteiger partial charge in [0.1, 0.15) is 6.07 Å². The number of methoxy groups -OCH3 is 1. The number of hydrogen-bond donors (Lipinski definition) is 1. The molecule has 0 spiro atoms. The van der Waals surface area contributed by atoms with E-state index in [0.29, 0.717) is 11.5 Å². The number of benzene rings is 1. The number of nitrogens with two attached hydrogens (primary N) is 1. The lowest BCUT2D eigenvalue weighted by Crippen LogP contribution is -2.12. The van der Waals surface area contributed by atoms with Gasteiger partial charge in [0.2, 0.25) is 5.82 Å². The van der Waals surface area contributed by atoms with Crippen molar-refractivity contribution in [1.82, 2.24) is 24.8 Å². The number of aryl methyl sites for hydroxylation is 2. The first kappa shape index (κ1) is 16.2. The van der Waals surface area contributed by atoms with E-state index in [2.05, 4.69) is 15.4 Å². The van der Waals surface area contributed by atoms with Crippen LogP contribution in [0.15, 0.2) is 24.4 Å². The lowest BCUT2D eigenvalue weighted by molar-refractivity contribution is 0.0593. The van der Waals surface area contributed by atoms with E-state index in [4.69, 9.17) is 10.5 Å². The Labute approximate surface area is 143 Å². The summed E-state index contributed by atoms with van der Waals surface area (Å²) in [4.78, 5) is 13.5. The Morgan fingerprint density at radius 2 is 2.16 bits per heavy atom. The van der Waals surface area contributed by atoms with Crippen LogP contribution < -0.4 is 5.73 Å². The van der Waals surface area contributed by atoms with Crippen molar-refractivity contribution in [2.75, 3.05) is 12.8 Å². The van der Waals surface area contributed by atoms with Gasteiger partial charge in [0.15, 0.2) is 5.69 Å². The third-order valence-electron chi connectivity index (χ3n) is 3.78. The molecule has 1 aromatic carbocycles. The van der Waals surface area contributed by atoms with Crippen molar-refractivity contribution in [2.45, 2.75) is 6.92 Å². The molecule has 0 aliphatic carbocycles. The maximum Gasteiger partial charge on any atom is 0.357 e. The van der Waals surface area contributed by atoms with Crippen LogP contribution in [0.5, 0.6) is 0 Å². The molecule has 2 aromatic heterocycles. The molecule has 3 aromatic rings. The number of tetrazole rings is 1. The molecule has 0 amide bonds. The maximum absolute atomic E-state index is 12.2. The topological polar surface area (TPSA) is 125 Å². The predicted octanol–water partition coefficient (Wildman–Crippen LogP) is 1.22. The molecule has 126 valence electrons. The molecule has 0 bridgehead atoms.